The molecular weight excluding hydrogens is 238 g/mol. The van der Waals surface area contributed by atoms with Gasteiger partial charge < -0.3 is 10.1 Å². The molecular formula is C15H25N3O. The van der Waals surface area contributed by atoms with Gasteiger partial charge in [0.05, 0.1) is 23.2 Å². The van der Waals surface area contributed by atoms with E-state index in [4.69, 9.17) is 4.74 Å². The van der Waals surface area contributed by atoms with Crippen LogP contribution in [-0.2, 0) is 4.74 Å². The van der Waals surface area contributed by atoms with E-state index in [0.717, 1.165) is 49.5 Å². The SMILES string of the molecule is CCC1(CC)CC(Nc2cnc(C)c(C)n2)CCO1. The Morgan fingerprint density at radius 1 is 1.32 bits per heavy atom. The van der Waals surface area contributed by atoms with Crippen LogP contribution in [0.4, 0.5) is 5.82 Å². The Kier molecular flexibility index (Phi) is 4.40. The summed E-state index contributed by atoms with van der Waals surface area (Å²) in [4.78, 5) is 8.92. The zero-order chi connectivity index (χ0) is 13.9. The van der Waals surface area contributed by atoms with Gasteiger partial charge in [-0.15, -0.1) is 0 Å². The number of aryl methyl sites for hydroxylation is 2. The summed E-state index contributed by atoms with van der Waals surface area (Å²) >= 11 is 0. The summed E-state index contributed by atoms with van der Waals surface area (Å²) in [5, 5.41) is 3.52. The van der Waals surface area contributed by atoms with Gasteiger partial charge in [0.1, 0.15) is 5.82 Å². The fourth-order valence-electron chi connectivity index (χ4n) is 2.71. The lowest BCUT2D eigenvalue weighted by Gasteiger charge is -2.40. The number of rotatable bonds is 4. The molecule has 1 saturated heterocycles. The number of hydrogen-bond donors (Lipinski definition) is 1. The molecule has 0 amide bonds. The topological polar surface area (TPSA) is 47.0 Å². The van der Waals surface area contributed by atoms with Gasteiger partial charge in [0.2, 0.25) is 0 Å². The van der Waals surface area contributed by atoms with Gasteiger partial charge in [0.25, 0.3) is 0 Å². The summed E-state index contributed by atoms with van der Waals surface area (Å²) in [5.41, 5.74) is 2.03. The molecule has 1 aromatic rings. The van der Waals surface area contributed by atoms with E-state index in [2.05, 4.69) is 29.1 Å². The molecule has 0 aliphatic carbocycles. The van der Waals surface area contributed by atoms with Crippen molar-refractivity contribution in [2.45, 2.75) is 65.0 Å². The van der Waals surface area contributed by atoms with E-state index in [-0.39, 0.29) is 5.60 Å². The molecule has 4 nitrogen and oxygen atoms in total. The van der Waals surface area contributed by atoms with Crippen LogP contribution in [0, 0.1) is 13.8 Å². The van der Waals surface area contributed by atoms with Gasteiger partial charge in [-0.2, -0.15) is 0 Å². The fraction of sp³-hybridized carbons (Fsp3) is 0.733. The molecule has 0 aromatic carbocycles. The van der Waals surface area contributed by atoms with Gasteiger partial charge in [-0.3, -0.25) is 4.98 Å². The summed E-state index contributed by atoms with van der Waals surface area (Å²) in [7, 11) is 0. The summed E-state index contributed by atoms with van der Waals surface area (Å²) in [6.07, 6.45) is 6.06. The molecule has 0 saturated carbocycles. The third-order valence-corrected chi connectivity index (χ3v) is 4.33. The summed E-state index contributed by atoms with van der Waals surface area (Å²) in [6.45, 7) is 9.24. The molecule has 1 atom stereocenters. The monoisotopic (exact) mass is 263 g/mol. The molecule has 106 valence electrons. The van der Waals surface area contributed by atoms with E-state index in [1.165, 1.54) is 0 Å². The van der Waals surface area contributed by atoms with Crippen molar-refractivity contribution in [1.82, 2.24) is 9.97 Å². The van der Waals surface area contributed by atoms with Crippen molar-refractivity contribution < 1.29 is 4.74 Å². The van der Waals surface area contributed by atoms with Crippen LogP contribution in [0.5, 0.6) is 0 Å². The molecule has 1 aliphatic rings. The Morgan fingerprint density at radius 3 is 2.68 bits per heavy atom. The minimum absolute atomic E-state index is 0.0447. The van der Waals surface area contributed by atoms with Crippen LogP contribution in [0.1, 0.15) is 50.9 Å². The van der Waals surface area contributed by atoms with Crippen LogP contribution < -0.4 is 5.32 Å². The smallest absolute Gasteiger partial charge is 0.145 e. The van der Waals surface area contributed by atoms with Gasteiger partial charge in [-0.25, -0.2) is 4.98 Å². The molecule has 1 aromatic heterocycles. The standard InChI is InChI=1S/C15H25N3O/c1-5-15(6-2)9-13(7-8-19-15)18-14-10-16-11(3)12(4)17-14/h10,13H,5-9H2,1-4H3,(H,17,18). The number of nitrogens with zero attached hydrogens (tertiary/aromatic N) is 2. The Balaban J connectivity index is 2.04. The van der Waals surface area contributed by atoms with Crippen molar-refractivity contribution in [3.63, 3.8) is 0 Å². The maximum Gasteiger partial charge on any atom is 0.145 e. The molecule has 19 heavy (non-hydrogen) atoms. The zero-order valence-electron chi connectivity index (χ0n) is 12.5. The third-order valence-electron chi connectivity index (χ3n) is 4.33. The summed E-state index contributed by atoms with van der Waals surface area (Å²) in [6, 6.07) is 0.435. The minimum Gasteiger partial charge on any atom is -0.375 e. The third kappa shape index (κ3) is 3.24. The highest BCUT2D eigenvalue weighted by atomic mass is 16.5. The Labute approximate surface area is 116 Å². The Hall–Kier alpha value is -1.16. The van der Waals surface area contributed by atoms with Gasteiger partial charge in [0.15, 0.2) is 0 Å². The van der Waals surface area contributed by atoms with Crippen molar-refractivity contribution >= 4 is 5.82 Å². The van der Waals surface area contributed by atoms with Crippen LogP contribution >= 0.6 is 0 Å². The number of hydrogen-bond acceptors (Lipinski definition) is 4. The molecule has 2 heterocycles. The van der Waals surface area contributed by atoms with Crippen LogP contribution in [0.2, 0.25) is 0 Å². The van der Waals surface area contributed by atoms with Gasteiger partial charge in [0, 0.05) is 12.6 Å². The second-order valence-electron chi connectivity index (χ2n) is 5.50. The fourth-order valence-corrected chi connectivity index (χ4v) is 2.71. The Morgan fingerprint density at radius 2 is 2.05 bits per heavy atom. The predicted octanol–water partition coefficient (Wildman–Crippen LogP) is 3.24. The van der Waals surface area contributed by atoms with Crippen LogP contribution in [0.15, 0.2) is 6.20 Å². The molecule has 0 radical (unpaired) electrons. The lowest BCUT2D eigenvalue weighted by atomic mass is 9.86. The highest BCUT2D eigenvalue weighted by molar-refractivity contribution is 5.34. The normalized spacial score (nSPS) is 22.2. The highest BCUT2D eigenvalue weighted by Crippen LogP contribution is 2.32. The second-order valence-corrected chi connectivity index (χ2v) is 5.50. The zero-order valence-corrected chi connectivity index (χ0v) is 12.5. The first-order valence-corrected chi connectivity index (χ1v) is 7.29. The molecule has 1 N–H and O–H groups in total. The van der Waals surface area contributed by atoms with Crippen LogP contribution in [0.3, 0.4) is 0 Å². The maximum absolute atomic E-state index is 6.00. The lowest BCUT2D eigenvalue weighted by Crippen LogP contribution is -2.43. The first-order chi connectivity index (χ1) is 9.08. The summed E-state index contributed by atoms with van der Waals surface area (Å²) < 4.78 is 6.00. The molecule has 1 aliphatic heterocycles. The predicted molar refractivity (Wildman–Crippen MR) is 77.4 cm³/mol. The summed E-state index contributed by atoms with van der Waals surface area (Å²) in [5.74, 6) is 0.885. The molecule has 1 unspecified atom stereocenters. The first kappa shape index (κ1) is 14.3. The largest absolute Gasteiger partial charge is 0.375 e. The lowest BCUT2D eigenvalue weighted by molar-refractivity contribution is -0.0864. The Bertz CT molecular complexity index is 429. The van der Waals surface area contributed by atoms with Gasteiger partial charge >= 0.3 is 0 Å². The quantitative estimate of drug-likeness (QED) is 0.906. The molecule has 1 fully saturated rings. The van der Waals surface area contributed by atoms with E-state index in [0.29, 0.717) is 6.04 Å². The molecule has 0 bridgehead atoms. The molecule has 2 rings (SSSR count). The van der Waals surface area contributed by atoms with E-state index >= 15 is 0 Å². The maximum atomic E-state index is 6.00. The highest BCUT2D eigenvalue weighted by Gasteiger charge is 2.34. The molecule has 0 spiro atoms. The number of nitrogens with one attached hydrogen (secondary N) is 1. The van der Waals surface area contributed by atoms with E-state index in [1.807, 2.05) is 20.0 Å². The van der Waals surface area contributed by atoms with Gasteiger partial charge in [-0.1, -0.05) is 13.8 Å². The van der Waals surface area contributed by atoms with E-state index in [1.54, 1.807) is 0 Å². The van der Waals surface area contributed by atoms with Gasteiger partial charge in [-0.05, 0) is 39.5 Å². The van der Waals surface area contributed by atoms with Crippen LogP contribution in [-0.4, -0.2) is 28.2 Å². The average molecular weight is 263 g/mol. The molecule has 4 heteroatoms. The van der Waals surface area contributed by atoms with Crippen LogP contribution in [0.25, 0.3) is 0 Å². The van der Waals surface area contributed by atoms with Crippen molar-refractivity contribution in [3.8, 4) is 0 Å². The van der Waals surface area contributed by atoms with Crippen molar-refractivity contribution in [2.24, 2.45) is 0 Å². The average Bonchev–Trinajstić information content (AvgIpc) is 2.43. The number of ether oxygens (including phenoxy) is 1. The second kappa shape index (κ2) is 5.87. The van der Waals surface area contributed by atoms with Crippen molar-refractivity contribution in [2.75, 3.05) is 11.9 Å². The number of anilines is 1. The van der Waals surface area contributed by atoms with Crippen molar-refractivity contribution in [3.05, 3.63) is 17.6 Å². The number of aromatic nitrogens is 2. The van der Waals surface area contributed by atoms with E-state index in [9.17, 15) is 0 Å². The first-order valence-electron chi connectivity index (χ1n) is 7.29. The minimum atomic E-state index is 0.0447. The van der Waals surface area contributed by atoms with E-state index < -0.39 is 0 Å². The van der Waals surface area contributed by atoms with Crippen molar-refractivity contribution in [1.29, 1.82) is 0 Å².